The first-order valence-electron chi connectivity index (χ1n) is 11.6. The molecule has 0 unspecified atom stereocenters. The van der Waals surface area contributed by atoms with Crippen LogP contribution in [0.3, 0.4) is 0 Å². The summed E-state index contributed by atoms with van der Waals surface area (Å²) >= 11 is 0. The van der Waals surface area contributed by atoms with E-state index < -0.39 is 12.0 Å². The van der Waals surface area contributed by atoms with Crippen molar-refractivity contribution in [2.24, 2.45) is 0 Å². The Morgan fingerprint density at radius 1 is 1.09 bits per heavy atom. The molecule has 32 heavy (non-hydrogen) atoms. The second kappa shape index (κ2) is 10.6. The summed E-state index contributed by atoms with van der Waals surface area (Å²) in [6, 6.07) is 12.4. The van der Waals surface area contributed by atoms with E-state index in [0.717, 1.165) is 56.7 Å². The van der Waals surface area contributed by atoms with Crippen LogP contribution in [-0.2, 0) is 22.4 Å². The number of hydrogen-bond acceptors (Lipinski definition) is 5. The van der Waals surface area contributed by atoms with E-state index in [2.05, 4.69) is 22.3 Å². The van der Waals surface area contributed by atoms with Crippen molar-refractivity contribution in [3.8, 4) is 0 Å². The summed E-state index contributed by atoms with van der Waals surface area (Å²) in [7, 11) is 0. The molecule has 1 saturated heterocycles. The maximum Gasteiger partial charge on any atom is 0.331 e. The highest BCUT2D eigenvalue weighted by atomic mass is 16.4. The first-order chi connectivity index (χ1) is 15.6. The van der Waals surface area contributed by atoms with Gasteiger partial charge in [0.15, 0.2) is 6.04 Å². The zero-order valence-electron chi connectivity index (χ0n) is 18.5. The van der Waals surface area contributed by atoms with Crippen LogP contribution < -0.4 is 5.32 Å². The number of rotatable bonds is 9. The number of carboxylic acid groups (broad SMARTS) is 1. The standard InChI is InChI=1S/C25H32N4O3/c30-22-18-28(16-17-29(22)23(25(31)32)19-8-3-1-4-9-19)15-6-2-5-11-21-13-12-20-10-7-14-26-24(20)27-21/h1,3-4,8-9,12-13,23H,2,5-7,10-11,14-18H2,(H,26,27)(H,31,32)/t23-/m1/s1. The molecule has 3 heterocycles. The molecule has 0 saturated carbocycles. The van der Waals surface area contributed by atoms with Crippen molar-refractivity contribution in [3.63, 3.8) is 0 Å². The lowest BCUT2D eigenvalue weighted by Gasteiger charge is -2.37. The Bertz CT molecular complexity index is 934. The minimum absolute atomic E-state index is 0.113. The van der Waals surface area contributed by atoms with E-state index in [9.17, 15) is 14.7 Å². The second-order valence-corrected chi connectivity index (χ2v) is 8.67. The van der Waals surface area contributed by atoms with Gasteiger partial charge in [-0.1, -0.05) is 42.8 Å². The number of aliphatic carboxylic acids is 1. The molecular formula is C25H32N4O3. The molecule has 2 aliphatic heterocycles. The van der Waals surface area contributed by atoms with Crippen LogP contribution in [0.25, 0.3) is 0 Å². The van der Waals surface area contributed by atoms with Crippen LogP contribution in [0.2, 0.25) is 0 Å². The number of carboxylic acids is 1. The van der Waals surface area contributed by atoms with E-state index in [1.54, 1.807) is 12.1 Å². The second-order valence-electron chi connectivity index (χ2n) is 8.67. The summed E-state index contributed by atoms with van der Waals surface area (Å²) in [4.78, 5) is 33.0. The Labute approximate surface area is 189 Å². The quantitative estimate of drug-likeness (QED) is 0.588. The van der Waals surface area contributed by atoms with Crippen LogP contribution in [0.4, 0.5) is 5.82 Å². The van der Waals surface area contributed by atoms with Crippen molar-refractivity contribution in [2.75, 3.05) is 38.0 Å². The van der Waals surface area contributed by atoms with E-state index in [0.29, 0.717) is 18.7 Å². The molecule has 1 atom stereocenters. The number of pyridine rings is 1. The summed E-state index contributed by atoms with van der Waals surface area (Å²) in [5.41, 5.74) is 3.11. The van der Waals surface area contributed by atoms with Gasteiger partial charge >= 0.3 is 5.97 Å². The van der Waals surface area contributed by atoms with Gasteiger partial charge in [0.25, 0.3) is 0 Å². The van der Waals surface area contributed by atoms with Gasteiger partial charge in [0.05, 0.1) is 6.54 Å². The van der Waals surface area contributed by atoms with Crippen LogP contribution in [-0.4, -0.2) is 64.5 Å². The molecule has 2 aromatic rings. The number of unbranched alkanes of at least 4 members (excludes halogenated alkanes) is 2. The number of nitrogens with zero attached hydrogens (tertiary/aromatic N) is 3. The van der Waals surface area contributed by atoms with Gasteiger partial charge in [0, 0.05) is 25.3 Å². The zero-order chi connectivity index (χ0) is 22.3. The monoisotopic (exact) mass is 436 g/mol. The van der Waals surface area contributed by atoms with Crippen LogP contribution in [0, 0.1) is 0 Å². The fourth-order valence-corrected chi connectivity index (χ4v) is 4.62. The Balaban J connectivity index is 1.20. The molecule has 7 nitrogen and oxygen atoms in total. The lowest BCUT2D eigenvalue weighted by atomic mass is 10.0. The first kappa shape index (κ1) is 22.3. The molecular weight excluding hydrogens is 404 g/mol. The average molecular weight is 437 g/mol. The lowest BCUT2D eigenvalue weighted by molar-refractivity contribution is -0.153. The molecule has 170 valence electrons. The Morgan fingerprint density at radius 2 is 1.94 bits per heavy atom. The molecule has 0 aliphatic carbocycles. The van der Waals surface area contributed by atoms with E-state index in [1.165, 1.54) is 16.9 Å². The fraction of sp³-hybridized carbons (Fsp3) is 0.480. The third-order valence-electron chi connectivity index (χ3n) is 6.36. The molecule has 4 rings (SSSR count). The van der Waals surface area contributed by atoms with E-state index in [-0.39, 0.29) is 12.5 Å². The molecule has 0 radical (unpaired) electrons. The molecule has 2 aliphatic rings. The molecule has 0 bridgehead atoms. The van der Waals surface area contributed by atoms with Gasteiger partial charge in [-0.05, 0) is 55.8 Å². The number of hydrogen-bond donors (Lipinski definition) is 2. The normalized spacial score (nSPS) is 17.5. The van der Waals surface area contributed by atoms with Gasteiger partial charge < -0.3 is 15.3 Å². The Morgan fingerprint density at radius 3 is 2.72 bits per heavy atom. The molecule has 1 aromatic heterocycles. The molecule has 2 N–H and O–H groups in total. The van der Waals surface area contributed by atoms with Crippen molar-refractivity contribution in [3.05, 3.63) is 59.3 Å². The number of piperazine rings is 1. The number of aromatic nitrogens is 1. The Kier molecular flexibility index (Phi) is 7.37. The van der Waals surface area contributed by atoms with Crippen LogP contribution in [0.15, 0.2) is 42.5 Å². The highest BCUT2D eigenvalue weighted by molar-refractivity contribution is 5.86. The van der Waals surface area contributed by atoms with Crippen molar-refractivity contribution >= 4 is 17.7 Å². The lowest BCUT2D eigenvalue weighted by Crippen LogP contribution is -2.53. The summed E-state index contributed by atoms with van der Waals surface area (Å²) in [5.74, 6) is -0.0393. The number of carbonyl (C=O) groups is 2. The SMILES string of the molecule is O=C(O)[C@@H](c1ccccc1)N1CCN(CCCCCc2ccc3c(n2)NCCC3)CC1=O. The van der Waals surface area contributed by atoms with Crippen LogP contribution in [0.5, 0.6) is 0 Å². The van der Waals surface area contributed by atoms with Gasteiger partial charge in [0.2, 0.25) is 5.91 Å². The maximum absolute atomic E-state index is 12.7. The van der Waals surface area contributed by atoms with Gasteiger partial charge in [-0.25, -0.2) is 9.78 Å². The highest BCUT2D eigenvalue weighted by Gasteiger charge is 2.34. The van der Waals surface area contributed by atoms with Crippen molar-refractivity contribution in [2.45, 2.75) is 44.6 Å². The summed E-state index contributed by atoms with van der Waals surface area (Å²) in [6.07, 6.45) is 6.45. The molecule has 1 aromatic carbocycles. The highest BCUT2D eigenvalue weighted by Crippen LogP contribution is 2.24. The van der Waals surface area contributed by atoms with Crippen LogP contribution in [0.1, 0.15) is 48.5 Å². The molecule has 1 amide bonds. The van der Waals surface area contributed by atoms with Gasteiger partial charge in [-0.2, -0.15) is 0 Å². The minimum Gasteiger partial charge on any atom is -0.479 e. The van der Waals surface area contributed by atoms with Gasteiger partial charge in [-0.3, -0.25) is 9.69 Å². The largest absolute Gasteiger partial charge is 0.479 e. The topological polar surface area (TPSA) is 85.8 Å². The van der Waals surface area contributed by atoms with E-state index >= 15 is 0 Å². The Hall–Kier alpha value is -2.93. The molecule has 7 heteroatoms. The van der Waals surface area contributed by atoms with Crippen molar-refractivity contribution in [1.29, 1.82) is 0 Å². The predicted molar refractivity (Wildman–Crippen MR) is 124 cm³/mol. The van der Waals surface area contributed by atoms with Crippen LogP contribution >= 0.6 is 0 Å². The number of anilines is 1. The third kappa shape index (κ3) is 5.46. The number of aryl methyl sites for hydroxylation is 2. The number of fused-ring (bicyclic) bond motifs is 1. The molecule has 1 fully saturated rings. The molecule has 0 spiro atoms. The van der Waals surface area contributed by atoms with E-state index in [1.807, 2.05) is 18.2 Å². The van der Waals surface area contributed by atoms with Crippen molar-refractivity contribution < 1.29 is 14.7 Å². The predicted octanol–water partition coefficient (Wildman–Crippen LogP) is 3.12. The third-order valence-corrected chi connectivity index (χ3v) is 6.36. The summed E-state index contributed by atoms with van der Waals surface area (Å²) in [5, 5.41) is 13.1. The minimum atomic E-state index is -0.982. The fourth-order valence-electron chi connectivity index (χ4n) is 4.62. The zero-order valence-corrected chi connectivity index (χ0v) is 18.5. The maximum atomic E-state index is 12.7. The smallest absolute Gasteiger partial charge is 0.331 e. The number of carbonyl (C=O) groups excluding carboxylic acids is 1. The van der Waals surface area contributed by atoms with Crippen molar-refractivity contribution in [1.82, 2.24) is 14.8 Å². The average Bonchev–Trinajstić information content (AvgIpc) is 2.81. The van der Waals surface area contributed by atoms with Gasteiger partial charge in [-0.15, -0.1) is 0 Å². The van der Waals surface area contributed by atoms with E-state index in [4.69, 9.17) is 4.98 Å². The number of nitrogens with one attached hydrogen (secondary N) is 1. The van der Waals surface area contributed by atoms with Gasteiger partial charge in [0.1, 0.15) is 5.82 Å². The first-order valence-corrected chi connectivity index (χ1v) is 11.6. The number of benzene rings is 1. The number of amides is 1. The summed E-state index contributed by atoms with van der Waals surface area (Å²) in [6.45, 7) is 3.31. The summed E-state index contributed by atoms with van der Waals surface area (Å²) < 4.78 is 0.